The molecule has 0 unspecified atom stereocenters. The van der Waals surface area contributed by atoms with E-state index in [1.807, 2.05) is 0 Å². The fourth-order valence-electron chi connectivity index (χ4n) is 0.300. The Labute approximate surface area is 53.3 Å². The van der Waals surface area contributed by atoms with Crippen LogP contribution in [0.5, 0.6) is 0 Å². The van der Waals surface area contributed by atoms with Crippen molar-refractivity contribution in [2.24, 2.45) is 0 Å². The Balaban J connectivity index is 0. The van der Waals surface area contributed by atoms with Crippen molar-refractivity contribution in [1.82, 2.24) is 0 Å². The van der Waals surface area contributed by atoms with Crippen LogP contribution in [0.25, 0.3) is 0 Å². The Bertz CT molecular complexity index is 50.9. The van der Waals surface area contributed by atoms with Gasteiger partial charge in [0.2, 0.25) is 0 Å². The Morgan fingerprint density at radius 3 is 1.62 bits per heavy atom. The number of hydrogen-bond donors (Lipinski definition) is 1. The molecule has 0 radical (unpaired) electrons. The van der Waals surface area contributed by atoms with Crippen LogP contribution in [0, 0.1) is 0 Å². The van der Waals surface area contributed by atoms with E-state index in [0.29, 0.717) is 0 Å². The molecule has 0 aliphatic heterocycles. The first-order chi connectivity index (χ1) is 3.06. The third-order valence-corrected chi connectivity index (χ3v) is 0.771. The van der Waals surface area contributed by atoms with Crippen molar-refractivity contribution in [1.29, 1.82) is 0 Å². The quantitative estimate of drug-likeness (QED) is 0.345. The number of aliphatic hydroxyl groups is 1. The molecule has 0 amide bonds. The SMILES string of the molecule is B.C[N+](C)(C)CCO. The van der Waals surface area contributed by atoms with E-state index in [9.17, 15) is 0 Å². The van der Waals surface area contributed by atoms with Crippen molar-refractivity contribution < 1.29 is 9.59 Å². The summed E-state index contributed by atoms with van der Waals surface area (Å²) in [5.74, 6) is 0. The highest BCUT2D eigenvalue weighted by molar-refractivity contribution is 5.75. The van der Waals surface area contributed by atoms with Crippen LogP contribution in [0.3, 0.4) is 0 Å². The second kappa shape index (κ2) is 3.92. The first-order valence-corrected chi connectivity index (χ1v) is 2.47. The van der Waals surface area contributed by atoms with Gasteiger partial charge in [0.05, 0.1) is 36.2 Å². The smallest absolute Gasteiger partial charge is 0.101 e. The average molecular weight is 118 g/mol. The second-order valence-corrected chi connectivity index (χ2v) is 2.74. The van der Waals surface area contributed by atoms with Crippen LogP contribution >= 0.6 is 0 Å². The number of aliphatic hydroxyl groups excluding tert-OH is 1. The van der Waals surface area contributed by atoms with Gasteiger partial charge in [-0.25, -0.2) is 0 Å². The molecule has 8 heavy (non-hydrogen) atoms. The van der Waals surface area contributed by atoms with Crippen molar-refractivity contribution in [3.05, 3.63) is 0 Å². The summed E-state index contributed by atoms with van der Waals surface area (Å²) < 4.78 is 0.844. The van der Waals surface area contributed by atoms with Gasteiger partial charge in [0.25, 0.3) is 0 Å². The number of rotatable bonds is 2. The summed E-state index contributed by atoms with van der Waals surface area (Å²) in [4.78, 5) is 0. The maximum atomic E-state index is 8.39. The molecule has 0 saturated carbocycles. The van der Waals surface area contributed by atoms with Crippen molar-refractivity contribution >= 4 is 8.41 Å². The fraction of sp³-hybridized carbons (Fsp3) is 1.00. The summed E-state index contributed by atoms with van der Waals surface area (Å²) in [6.07, 6.45) is 0. The Morgan fingerprint density at radius 1 is 1.25 bits per heavy atom. The molecule has 0 aromatic heterocycles. The highest BCUT2D eigenvalue weighted by atomic mass is 16.3. The molecule has 1 N–H and O–H groups in total. The maximum absolute atomic E-state index is 8.39. The van der Waals surface area contributed by atoms with Crippen molar-refractivity contribution in [2.75, 3.05) is 34.3 Å². The van der Waals surface area contributed by atoms with E-state index in [1.165, 1.54) is 0 Å². The summed E-state index contributed by atoms with van der Waals surface area (Å²) in [6.45, 7) is 1.11. The highest BCUT2D eigenvalue weighted by Gasteiger charge is 2.02. The van der Waals surface area contributed by atoms with E-state index in [0.717, 1.165) is 11.0 Å². The highest BCUT2D eigenvalue weighted by Crippen LogP contribution is 1.84. The van der Waals surface area contributed by atoms with E-state index in [1.54, 1.807) is 0 Å². The molecule has 0 heterocycles. The fourth-order valence-corrected chi connectivity index (χ4v) is 0.300. The lowest BCUT2D eigenvalue weighted by atomic mass is 10.5. The lowest BCUT2D eigenvalue weighted by Gasteiger charge is -2.21. The average Bonchev–Trinajstić information content (AvgIpc) is 1.30. The Kier molecular flexibility index (Phi) is 5.33. The van der Waals surface area contributed by atoms with Crippen molar-refractivity contribution in [3.8, 4) is 0 Å². The lowest BCUT2D eigenvalue weighted by molar-refractivity contribution is -0.870. The van der Waals surface area contributed by atoms with Gasteiger partial charge in [-0.05, 0) is 0 Å². The molecule has 0 aliphatic rings. The van der Waals surface area contributed by atoms with E-state index in [-0.39, 0.29) is 15.0 Å². The van der Waals surface area contributed by atoms with E-state index in [2.05, 4.69) is 21.1 Å². The molecular weight excluding hydrogens is 101 g/mol. The number of hydrogen-bond acceptors (Lipinski definition) is 1. The topological polar surface area (TPSA) is 20.2 Å². The third-order valence-electron chi connectivity index (χ3n) is 0.771. The van der Waals surface area contributed by atoms with Gasteiger partial charge in [0.15, 0.2) is 0 Å². The Hall–Kier alpha value is -0.0151. The first kappa shape index (κ1) is 10.9. The minimum absolute atomic E-state index is 0. The van der Waals surface area contributed by atoms with Gasteiger partial charge < -0.3 is 9.59 Å². The molecule has 0 aliphatic carbocycles. The third kappa shape index (κ3) is 9.37. The molecule has 0 rings (SSSR count). The lowest BCUT2D eigenvalue weighted by Crippen LogP contribution is -2.36. The van der Waals surface area contributed by atoms with Crippen LogP contribution in [0.4, 0.5) is 0 Å². The molecule has 2 nitrogen and oxygen atoms in total. The van der Waals surface area contributed by atoms with Crippen LogP contribution in [0.15, 0.2) is 0 Å². The molecule has 50 valence electrons. The van der Waals surface area contributed by atoms with Gasteiger partial charge >= 0.3 is 0 Å². The predicted octanol–water partition coefficient (Wildman–Crippen LogP) is -1.50. The van der Waals surface area contributed by atoms with Gasteiger partial charge in [-0.3, -0.25) is 0 Å². The molecular formula is C5H17BNO+. The molecule has 3 heteroatoms. The molecule has 0 spiro atoms. The first-order valence-electron chi connectivity index (χ1n) is 2.47. The van der Waals surface area contributed by atoms with Gasteiger partial charge in [-0.2, -0.15) is 0 Å². The summed E-state index contributed by atoms with van der Waals surface area (Å²) in [6, 6.07) is 0. The van der Waals surface area contributed by atoms with Crippen LogP contribution in [-0.4, -0.2) is 52.3 Å². The van der Waals surface area contributed by atoms with Crippen LogP contribution in [0.2, 0.25) is 0 Å². The number of nitrogens with zero attached hydrogens (tertiary/aromatic N) is 1. The maximum Gasteiger partial charge on any atom is 0.101 e. The number of quaternary nitrogens is 1. The summed E-state index contributed by atoms with van der Waals surface area (Å²) in [5.41, 5.74) is 0. The van der Waals surface area contributed by atoms with E-state index < -0.39 is 0 Å². The monoisotopic (exact) mass is 118 g/mol. The van der Waals surface area contributed by atoms with Crippen molar-refractivity contribution in [2.45, 2.75) is 0 Å². The van der Waals surface area contributed by atoms with Crippen LogP contribution in [0.1, 0.15) is 0 Å². The predicted molar refractivity (Wildman–Crippen MR) is 39.9 cm³/mol. The largest absolute Gasteiger partial charge is 0.391 e. The zero-order chi connectivity index (χ0) is 5.91. The van der Waals surface area contributed by atoms with Crippen LogP contribution < -0.4 is 0 Å². The zero-order valence-corrected chi connectivity index (χ0v) is 5.31. The molecule has 0 atom stereocenters. The van der Waals surface area contributed by atoms with Crippen LogP contribution in [-0.2, 0) is 0 Å². The molecule has 0 aromatic rings. The molecule has 0 bridgehead atoms. The Morgan fingerprint density at radius 2 is 1.62 bits per heavy atom. The van der Waals surface area contributed by atoms with Crippen molar-refractivity contribution in [3.63, 3.8) is 0 Å². The standard InChI is InChI=1S/C5H14NO.BH3/c1-6(2,3)4-5-7;/h7H,4-5H2,1-3H3;1H3/q+1;. The van der Waals surface area contributed by atoms with Gasteiger partial charge in [0.1, 0.15) is 6.54 Å². The summed E-state index contributed by atoms with van der Waals surface area (Å²) >= 11 is 0. The summed E-state index contributed by atoms with van der Waals surface area (Å²) in [5, 5.41) is 8.39. The number of likely N-dealkylation sites (N-methyl/N-ethyl adjacent to an activating group) is 1. The minimum Gasteiger partial charge on any atom is -0.391 e. The van der Waals surface area contributed by atoms with Gasteiger partial charge in [-0.1, -0.05) is 0 Å². The van der Waals surface area contributed by atoms with Gasteiger partial charge in [0, 0.05) is 0 Å². The van der Waals surface area contributed by atoms with E-state index >= 15 is 0 Å². The summed E-state index contributed by atoms with van der Waals surface area (Å²) in [7, 11) is 6.16. The molecule has 0 fully saturated rings. The zero-order valence-electron chi connectivity index (χ0n) is 5.31. The normalized spacial score (nSPS) is 10.5. The second-order valence-electron chi connectivity index (χ2n) is 2.74. The minimum atomic E-state index is 0. The molecule has 0 saturated heterocycles. The van der Waals surface area contributed by atoms with Gasteiger partial charge in [-0.15, -0.1) is 0 Å². The van der Waals surface area contributed by atoms with E-state index in [4.69, 9.17) is 5.11 Å². The molecule has 0 aromatic carbocycles.